The lowest BCUT2D eigenvalue weighted by Crippen LogP contribution is -2.41. The third-order valence-corrected chi connectivity index (χ3v) is 2.69. The monoisotopic (exact) mass is 254 g/mol. The molecule has 3 nitrogen and oxygen atoms in total. The lowest BCUT2D eigenvalue weighted by atomic mass is 9.82. The second-order valence-electron chi connectivity index (χ2n) is 5.29. The quantitative estimate of drug-likeness (QED) is 0.787. The second-order valence-corrected chi connectivity index (χ2v) is 5.29. The molecule has 0 bridgehead atoms. The number of alkyl halides is 3. The van der Waals surface area contributed by atoms with Gasteiger partial charge in [-0.15, -0.1) is 0 Å². The Hall–Kier alpha value is -0.780. The van der Waals surface area contributed by atoms with Crippen molar-refractivity contribution >= 4 is 5.91 Å². The minimum absolute atomic E-state index is 0.0622. The van der Waals surface area contributed by atoms with Gasteiger partial charge in [-0.2, -0.15) is 13.2 Å². The fourth-order valence-electron chi connectivity index (χ4n) is 0.953. The van der Waals surface area contributed by atoms with Gasteiger partial charge in [0.15, 0.2) is 0 Å². The summed E-state index contributed by atoms with van der Waals surface area (Å²) in [7, 11) is 0. The van der Waals surface area contributed by atoms with Gasteiger partial charge in [-0.3, -0.25) is 4.79 Å². The number of rotatable bonds is 5. The fraction of sp³-hybridized carbons (Fsp3) is 0.909. The summed E-state index contributed by atoms with van der Waals surface area (Å²) in [6.07, 6.45) is -4.28. The maximum absolute atomic E-state index is 11.8. The van der Waals surface area contributed by atoms with Crippen molar-refractivity contribution < 1.29 is 18.0 Å². The molecule has 2 N–H and O–H groups in total. The van der Waals surface area contributed by atoms with Gasteiger partial charge in [-0.25, -0.2) is 0 Å². The molecular formula is C11H21F3N2O. The minimum atomic E-state index is -4.28. The lowest BCUT2D eigenvalue weighted by Gasteiger charge is -2.27. The molecule has 0 saturated heterocycles. The molecule has 0 fully saturated rings. The Morgan fingerprint density at radius 3 is 2.18 bits per heavy atom. The average Bonchev–Trinajstić information content (AvgIpc) is 2.10. The van der Waals surface area contributed by atoms with E-state index in [1.54, 1.807) is 0 Å². The lowest BCUT2D eigenvalue weighted by molar-refractivity contribution is -0.128. The number of carbonyl (C=O) groups excluding carboxylic acids is 1. The standard InChI is InChI=1S/C11H21F3N2O/c1-8(10(2,3)4)5-16-9(17)6-15-7-11(12,13)14/h8,15H,5-7H2,1-4H3,(H,16,17). The maximum atomic E-state index is 11.8. The summed E-state index contributed by atoms with van der Waals surface area (Å²) in [4.78, 5) is 11.2. The number of nitrogens with one attached hydrogen (secondary N) is 2. The number of carbonyl (C=O) groups is 1. The van der Waals surface area contributed by atoms with E-state index in [-0.39, 0.29) is 17.9 Å². The van der Waals surface area contributed by atoms with Crippen molar-refractivity contribution in [1.82, 2.24) is 10.6 Å². The van der Waals surface area contributed by atoms with Crippen LogP contribution in [0.1, 0.15) is 27.7 Å². The molecule has 102 valence electrons. The van der Waals surface area contributed by atoms with Crippen molar-refractivity contribution in [3.8, 4) is 0 Å². The fourth-order valence-corrected chi connectivity index (χ4v) is 0.953. The Labute approximate surface area is 100 Å². The van der Waals surface area contributed by atoms with Gasteiger partial charge < -0.3 is 10.6 Å². The van der Waals surface area contributed by atoms with Gasteiger partial charge in [0.05, 0.1) is 13.1 Å². The highest BCUT2D eigenvalue weighted by Gasteiger charge is 2.26. The van der Waals surface area contributed by atoms with Crippen LogP contribution in [0.15, 0.2) is 0 Å². The second kappa shape index (κ2) is 6.23. The molecule has 0 radical (unpaired) electrons. The van der Waals surface area contributed by atoms with E-state index in [1.807, 2.05) is 27.7 Å². The van der Waals surface area contributed by atoms with Crippen LogP contribution < -0.4 is 10.6 Å². The van der Waals surface area contributed by atoms with Crippen LogP contribution in [0.25, 0.3) is 0 Å². The average molecular weight is 254 g/mol. The molecule has 6 heteroatoms. The third kappa shape index (κ3) is 8.97. The molecule has 1 atom stereocenters. The van der Waals surface area contributed by atoms with E-state index < -0.39 is 18.6 Å². The van der Waals surface area contributed by atoms with Crippen LogP contribution in [-0.4, -0.2) is 31.7 Å². The zero-order chi connectivity index (χ0) is 13.7. The molecule has 0 spiro atoms. The van der Waals surface area contributed by atoms with Crippen LogP contribution in [0, 0.1) is 11.3 Å². The van der Waals surface area contributed by atoms with Crippen LogP contribution in [-0.2, 0) is 4.79 Å². The summed E-state index contributed by atoms with van der Waals surface area (Å²) in [5.41, 5.74) is 0.0622. The first-order valence-electron chi connectivity index (χ1n) is 5.56. The molecule has 0 aliphatic heterocycles. The van der Waals surface area contributed by atoms with Crippen molar-refractivity contribution in [1.29, 1.82) is 0 Å². The van der Waals surface area contributed by atoms with Gasteiger partial charge in [0.2, 0.25) is 5.91 Å². The zero-order valence-corrected chi connectivity index (χ0v) is 10.7. The molecule has 0 rings (SSSR count). The minimum Gasteiger partial charge on any atom is -0.355 e. The Balaban J connectivity index is 3.75. The number of amides is 1. The molecule has 1 unspecified atom stereocenters. The largest absolute Gasteiger partial charge is 0.401 e. The predicted octanol–water partition coefficient (Wildman–Crippen LogP) is 1.94. The van der Waals surface area contributed by atoms with Gasteiger partial charge in [0, 0.05) is 6.54 Å². The molecule has 0 heterocycles. The molecular weight excluding hydrogens is 233 g/mol. The van der Waals surface area contributed by atoms with Gasteiger partial charge in [-0.1, -0.05) is 27.7 Å². The molecule has 0 aliphatic carbocycles. The van der Waals surface area contributed by atoms with Gasteiger partial charge in [0.25, 0.3) is 0 Å². The van der Waals surface area contributed by atoms with E-state index in [4.69, 9.17) is 0 Å². The molecule has 0 aromatic rings. The number of halogens is 3. The first-order valence-corrected chi connectivity index (χ1v) is 5.56. The van der Waals surface area contributed by atoms with Crippen molar-refractivity contribution in [3.05, 3.63) is 0 Å². The Bertz CT molecular complexity index is 246. The number of hydrogen-bond donors (Lipinski definition) is 2. The van der Waals surface area contributed by atoms with Gasteiger partial charge in [0.1, 0.15) is 0 Å². The maximum Gasteiger partial charge on any atom is 0.401 e. The topological polar surface area (TPSA) is 41.1 Å². The summed E-state index contributed by atoms with van der Waals surface area (Å²) in [6.45, 7) is 7.15. The van der Waals surface area contributed by atoms with Crippen molar-refractivity contribution in [2.45, 2.75) is 33.9 Å². The zero-order valence-electron chi connectivity index (χ0n) is 10.7. The molecule has 0 aliphatic rings. The highest BCUT2D eigenvalue weighted by Crippen LogP contribution is 2.24. The molecule has 0 saturated carbocycles. The normalized spacial score (nSPS) is 14.5. The Morgan fingerprint density at radius 2 is 1.76 bits per heavy atom. The first kappa shape index (κ1) is 16.2. The Kier molecular flexibility index (Phi) is 5.95. The van der Waals surface area contributed by atoms with Crippen LogP contribution >= 0.6 is 0 Å². The van der Waals surface area contributed by atoms with E-state index in [1.165, 1.54) is 0 Å². The highest BCUT2D eigenvalue weighted by molar-refractivity contribution is 5.77. The van der Waals surface area contributed by atoms with E-state index in [0.29, 0.717) is 6.54 Å². The predicted molar refractivity (Wildman–Crippen MR) is 60.6 cm³/mol. The summed E-state index contributed by atoms with van der Waals surface area (Å²) in [6, 6.07) is 0. The van der Waals surface area contributed by atoms with Crippen LogP contribution in [0.4, 0.5) is 13.2 Å². The van der Waals surface area contributed by atoms with Crippen molar-refractivity contribution in [3.63, 3.8) is 0 Å². The third-order valence-electron chi connectivity index (χ3n) is 2.69. The van der Waals surface area contributed by atoms with Crippen LogP contribution in [0.2, 0.25) is 0 Å². The van der Waals surface area contributed by atoms with Crippen molar-refractivity contribution in [2.24, 2.45) is 11.3 Å². The van der Waals surface area contributed by atoms with Crippen LogP contribution in [0.5, 0.6) is 0 Å². The molecule has 17 heavy (non-hydrogen) atoms. The summed E-state index contributed by atoms with van der Waals surface area (Å²) in [5, 5.41) is 4.66. The van der Waals surface area contributed by atoms with E-state index in [2.05, 4.69) is 10.6 Å². The van der Waals surface area contributed by atoms with Crippen LogP contribution in [0.3, 0.4) is 0 Å². The van der Waals surface area contributed by atoms with Gasteiger partial charge in [-0.05, 0) is 11.3 Å². The smallest absolute Gasteiger partial charge is 0.355 e. The van der Waals surface area contributed by atoms with Crippen molar-refractivity contribution in [2.75, 3.05) is 19.6 Å². The van der Waals surface area contributed by atoms with E-state index >= 15 is 0 Å². The molecule has 0 aromatic carbocycles. The van der Waals surface area contributed by atoms with E-state index in [0.717, 1.165) is 0 Å². The highest BCUT2D eigenvalue weighted by atomic mass is 19.4. The number of hydrogen-bond acceptors (Lipinski definition) is 2. The van der Waals surface area contributed by atoms with Gasteiger partial charge >= 0.3 is 6.18 Å². The Morgan fingerprint density at radius 1 is 1.24 bits per heavy atom. The summed E-state index contributed by atoms with van der Waals surface area (Å²) < 4.78 is 35.3. The summed E-state index contributed by atoms with van der Waals surface area (Å²) in [5.74, 6) is -0.153. The molecule has 0 aromatic heterocycles. The first-order chi connectivity index (χ1) is 7.52. The van der Waals surface area contributed by atoms with E-state index in [9.17, 15) is 18.0 Å². The summed E-state index contributed by atoms with van der Waals surface area (Å²) >= 11 is 0. The molecule has 1 amide bonds. The SMILES string of the molecule is CC(CNC(=O)CNCC(F)(F)F)C(C)(C)C.